The smallest absolute Gasteiger partial charge is 0.142 e. The van der Waals surface area contributed by atoms with E-state index in [-0.39, 0.29) is 0 Å². The van der Waals surface area contributed by atoms with Gasteiger partial charge in [-0.2, -0.15) is 0 Å². The van der Waals surface area contributed by atoms with Crippen molar-refractivity contribution in [3.63, 3.8) is 0 Å². The summed E-state index contributed by atoms with van der Waals surface area (Å²) >= 11 is 0. The Morgan fingerprint density at radius 1 is 1.31 bits per heavy atom. The van der Waals surface area contributed by atoms with E-state index < -0.39 is 0 Å². The second-order valence-electron chi connectivity index (χ2n) is 3.65. The van der Waals surface area contributed by atoms with Crippen LogP contribution in [0, 0.1) is 0 Å². The first-order valence-corrected chi connectivity index (χ1v) is 4.67. The van der Waals surface area contributed by atoms with Gasteiger partial charge < -0.3 is 10.1 Å². The van der Waals surface area contributed by atoms with Crippen LogP contribution in [0.15, 0.2) is 18.2 Å². The third kappa shape index (κ3) is 1.17. The monoisotopic (exact) mass is 177 g/mol. The second-order valence-corrected chi connectivity index (χ2v) is 3.65. The number of anilines is 1. The maximum absolute atomic E-state index is 5.29. The molecule has 0 radical (unpaired) electrons. The number of nitrogens with one attached hydrogen (secondary N) is 1. The van der Waals surface area contributed by atoms with Crippen molar-refractivity contribution in [1.29, 1.82) is 0 Å². The minimum absolute atomic E-state index is 0.506. The Morgan fingerprint density at radius 2 is 2.08 bits per heavy atom. The molecule has 0 spiro atoms. The van der Waals surface area contributed by atoms with Crippen LogP contribution in [-0.2, 0) is 0 Å². The molecule has 13 heavy (non-hydrogen) atoms. The number of methoxy groups -OCH3 is 1. The van der Waals surface area contributed by atoms with Crippen LogP contribution in [0.3, 0.4) is 0 Å². The Kier molecular flexibility index (Phi) is 1.91. The fourth-order valence-corrected chi connectivity index (χ4v) is 1.87. The van der Waals surface area contributed by atoms with Crippen molar-refractivity contribution < 1.29 is 4.74 Å². The first-order chi connectivity index (χ1) is 6.24. The molecule has 0 aliphatic carbocycles. The first-order valence-electron chi connectivity index (χ1n) is 4.67. The summed E-state index contributed by atoms with van der Waals surface area (Å²) < 4.78 is 5.29. The van der Waals surface area contributed by atoms with Crippen LogP contribution < -0.4 is 10.1 Å². The zero-order valence-electron chi connectivity index (χ0n) is 8.29. The third-order valence-electron chi connectivity index (χ3n) is 2.89. The van der Waals surface area contributed by atoms with Gasteiger partial charge in [-0.15, -0.1) is 0 Å². The fourth-order valence-electron chi connectivity index (χ4n) is 1.87. The fraction of sp³-hybridized carbons (Fsp3) is 0.455. The maximum Gasteiger partial charge on any atom is 0.142 e. The lowest BCUT2D eigenvalue weighted by Gasteiger charge is -2.08. The highest BCUT2D eigenvalue weighted by molar-refractivity contribution is 5.67. The molecule has 0 fully saturated rings. The van der Waals surface area contributed by atoms with E-state index in [1.165, 1.54) is 11.3 Å². The minimum Gasteiger partial charge on any atom is -0.495 e. The molecule has 2 atom stereocenters. The molecule has 0 saturated carbocycles. The van der Waals surface area contributed by atoms with Crippen LogP contribution >= 0.6 is 0 Å². The second kappa shape index (κ2) is 2.95. The SMILES string of the molecule is COc1cccc2c1NC(C)C2C. The van der Waals surface area contributed by atoms with E-state index in [1.54, 1.807) is 7.11 Å². The lowest BCUT2D eigenvalue weighted by Crippen LogP contribution is -2.12. The largest absolute Gasteiger partial charge is 0.495 e. The van der Waals surface area contributed by atoms with Crippen LogP contribution in [0.5, 0.6) is 5.75 Å². The summed E-state index contributed by atoms with van der Waals surface area (Å²) in [6.45, 7) is 4.44. The molecule has 1 heterocycles. The molecule has 1 aliphatic rings. The van der Waals surface area contributed by atoms with Gasteiger partial charge in [-0.3, -0.25) is 0 Å². The van der Waals surface area contributed by atoms with E-state index in [9.17, 15) is 0 Å². The van der Waals surface area contributed by atoms with Crippen molar-refractivity contribution in [3.8, 4) is 5.75 Å². The van der Waals surface area contributed by atoms with Crippen molar-refractivity contribution in [2.45, 2.75) is 25.8 Å². The zero-order valence-corrected chi connectivity index (χ0v) is 8.29. The van der Waals surface area contributed by atoms with Gasteiger partial charge in [0.2, 0.25) is 0 Å². The predicted octanol–water partition coefficient (Wildman–Crippen LogP) is 2.61. The van der Waals surface area contributed by atoms with E-state index >= 15 is 0 Å². The molecule has 1 N–H and O–H groups in total. The van der Waals surface area contributed by atoms with E-state index in [1.807, 2.05) is 12.1 Å². The van der Waals surface area contributed by atoms with E-state index in [2.05, 4.69) is 25.2 Å². The van der Waals surface area contributed by atoms with Gasteiger partial charge in [-0.05, 0) is 18.6 Å². The van der Waals surface area contributed by atoms with E-state index in [4.69, 9.17) is 4.74 Å². The average Bonchev–Trinajstić information content (AvgIpc) is 2.43. The summed E-state index contributed by atoms with van der Waals surface area (Å²) in [7, 11) is 1.71. The summed E-state index contributed by atoms with van der Waals surface area (Å²) in [5.74, 6) is 1.53. The summed E-state index contributed by atoms with van der Waals surface area (Å²) in [4.78, 5) is 0. The quantitative estimate of drug-likeness (QED) is 0.712. The van der Waals surface area contributed by atoms with Crippen LogP contribution in [0.25, 0.3) is 0 Å². The van der Waals surface area contributed by atoms with Gasteiger partial charge in [0, 0.05) is 12.0 Å². The highest BCUT2D eigenvalue weighted by Gasteiger charge is 2.26. The minimum atomic E-state index is 0.506. The molecule has 2 heteroatoms. The Labute approximate surface area is 78.9 Å². The average molecular weight is 177 g/mol. The lowest BCUT2D eigenvalue weighted by atomic mass is 9.98. The van der Waals surface area contributed by atoms with Crippen molar-refractivity contribution in [2.24, 2.45) is 0 Å². The van der Waals surface area contributed by atoms with Gasteiger partial charge in [0.05, 0.1) is 12.8 Å². The van der Waals surface area contributed by atoms with Crippen LogP contribution in [0.2, 0.25) is 0 Å². The number of benzene rings is 1. The molecule has 0 amide bonds. The molecule has 1 aromatic rings. The van der Waals surface area contributed by atoms with Gasteiger partial charge in [-0.1, -0.05) is 19.1 Å². The van der Waals surface area contributed by atoms with Crippen LogP contribution in [-0.4, -0.2) is 13.2 Å². The number of fused-ring (bicyclic) bond motifs is 1. The molecule has 2 unspecified atom stereocenters. The molecule has 2 rings (SSSR count). The van der Waals surface area contributed by atoms with E-state index in [0.717, 1.165) is 5.75 Å². The maximum atomic E-state index is 5.29. The lowest BCUT2D eigenvalue weighted by molar-refractivity contribution is 0.416. The first kappa shape index (κ1) is 8.42. The molecule has 2 nitrogen and oxygen atoms in total. The van der Waals surface area contributed by atoms with Crippen LogP contribution in [0.1, 0.15) is 25.3 Å². The summed E-state index contributed by atoms with van der Waals surface area (Å²) in [6, 6.07) is 6.72. The molecule has 1 aliphatic heterocycles. The summed E-state index contributed by atoms with van der Waals surface area (Å²) in [5.41, 5.74) is 2.54. The molecule has 0 aromatic heterocycles. The zero-order chi connectivity index (χ0) is 9.42. The summed E-state index contributed by atoms with van der Waals surface area (Å²) in [5, 5.41) is 3.44. The molecule has 0 saturated heterocycles. The normalized spacial score (nSPS) is 25.2. The standard InChI is InChI=1S/C11H15NO/c1-7-8(2)12-11-9(7)5-4-6-10(11)13-3/h4-8,12H,1-3H3. The Hall–Kier alpha value is -1.18. The Balaban J connectivity index is 2.49. The number of hydrogen-bond donors (Lipinski definition) is 1. The highest BCUT2D eigenvalue weighted by atomic mass is 16.5. The topological polar surface area (TPSA) is 21.3 Å². The summed E-state index contributed by atoms with van der Waals surface area (Å²) in [6.07, 6.45) is 0. The highest BCUT2D eigenvalue weighted by Crippen LogP contribution is 2.41. The molecule has 70 valence electrons. The van der Waals surface area contributed by atoms with Gasteiger partial charge >= 0.3 is 0 Å². The number of hydrogen-bond acceptors (Lipinski definition) is 2. The molecular formula is C11H15NO. The van der Waals surface area contributed by atoms with Crippen molar-refractivity contribution in [3.05, 3.63) is 23.8 Å². The van der Waals surface area contributed by atoms with Crippen LogP contribution in [0.4, 0.5) is 5.69 Å². The Morgan fingerprint density at radius 3 is 2.77 bits per heavy atom. The third-order valence-corrected chi connectivity index (χ3v) is 2.89. The van der Waals surface area contributed by atoms with Gasteiger partial charge in [0.1, 0.15) is 5.75 Å². The molecule has 0 bridgehead atoms. The number of rotatable bonds is 1. The van der Waals surface area contributed by atoms with Crippen molar-refractivity contribution in [2.75, 3.05) is 12.4 Å². The number of ether oxygens (including phenoxy) is 1. The van der Waals surface area contributed by atoms with Crippen molar-refractivity contribution in [1.82, 2.24) is 0 Å². The number of para-hydroxylation sites is 1. The van der Waals surface area contributed by atoms with Crippen molar-refractivity contribution >= 4 is 5.69 Å². The van der Waals surface area contributed by atoms with Gasteiger partial charge in [0.15, 0.2) is 0 Å². The van der Waals surface area contributed by atoms with E-state index in [0.29, 0.717) is 12.0 Å². The predicted molar refractivity (Wildman–Crippen MR) is 54.5 cm³/mol. The Bertz CT molecular complexity index is 322. The van der Waals surface area contributed by atoms with Gasteiger partial charge in [-0.25, -0.2) is 0 Å². The molecule has 1 aromatic carbocycles. The molecular weight excluding hydrogens is 162 g/mol. The van der Waals surface area contributed by atoms with Gasteiger partial charge in [0.25, 0.3) is 0 Å².